The summed E-state index contributed by atoms with van der Waals surface area (Å²) in [6, 6.07) is -0.923. The lowest BCUT2D eigenvalue weighted by atomic mass is 10.0. The van der Waals surface area contributed by atoms with Gasteiger partial charge in [-0.15, -0.1) is 0 Å². The van der Waals surface area contributed by atoms with E-state index in [0.29, 0.717) is 17.4 Å². The molecule has 0 aromatic rings. The molecular weight excluding hydrogens is 816 g/mol. The minimum Gasteiger partial charge on any atom is -0.756 e. The van der Waals surface area contributed by atoms with Crippen LogP contribution in [-0.4, -0.2) is 68.5 Å². The number of carbonyl (C=O) groups excluding carboxylic acids is 1. The Hall–Kier alpha value is -2.32. The van der Waals surface area contributed by atoms with Gasteiger partial charge >= 0.3 is 0 Å². The fourth-order valence-corrected chi connectivity index (χ4v) is 7.72. The molecule has 0 radical (unpaired) electrons. The average Bonchev–Trinajstić information content (AvgIpc) is 3.25. The van der Waals surface area contributed by atoms with Crippen LogP contribution in [-0.2, 0) is 18.4 Å². The van der Waals surface area contributed by atoms with Gasteiger partial charge in [0.15, 0.2) is 0 Å². The van der Waals surface area contributed by atoms with Gasteiger partial charge in [-0.25, -0.2) is 0 Å². The van der Waals surface area contributed by atoms with Crippen LogP contribution in [0.4, 0.5) is 0 Å². The molecule has 0 spiro atoms. The molecule has 0 heterocycles. The SMILES string of the molecule is CC/C=C\C/C=C\C/C=C\C/C=C\CCCCCCCCC(=O)NC(COP(=O)([O-])OCC[N+](C)(C)C)C(O)/C=C/CC/C=C/CC/C=C/CCCCCCCCCCCCCCC. The molecule has 0 aliphatic carbocycles. The Morgan fingerprint density at radius 2 is 0.969 bits per heavy atom. The zero-order valence-corrected chi connectivity index (χ0v) is 42.8. The molecule has 0 aromatic carbocycles. The highest BCUT2D eigenvalue weighted by Crippen LogP contribution is 2.38. The highest BCUT2D eigenvalue weighted by atomic mass is 31.2. The third kappa shape index (κ3) is 47.6. The number of hydrogen-bond acceptors (Lipinski definition) is 6. The number of aliphatic hydroxyl groups excluding tert-OH is 1. The van der Waals surface area contributed by atoms with Crippen molar-refractivity contribution in [1.82, 2.24) is 5.32 Å². The van der Waals surface area contributed by atoms with E-state index < -0.39 is 26.6 Å². The van der Waals surface area contributed by atoms with Crippen molar-refractivity contribution >= 4 is 13.7 Å². The van der Waals surface area contributed by atoms with E-state index >= 15 is 0 Å². The smallest absolute Gasteiger partial charge is 0.268 e. The second-order valence-electron chi connectivity index (χ2n) is 18.5. The maximum atomic E-state index is 12.9. The molecule has 2 N–H and O–H groups in total. The summed E-state index contributed by atoms with van der Waals surface area (Å²) in [7, 11) is 1.21. The fourth-order valence-electron chi connectivity index (χ4n) is 7.00. The number of rotatable bonds is 46. The van der Waals surface area contributed by atoms with Crippen molar-refractivity contribution in [2.75, 3.05) is 40.9 Å². The molecule has 3 unspecified atom stereocenters. The molecular formula is C55H99N2O6P. The van der Waals surface area contributed by atoms with Crippen LogP contribution in [0.5, 0.6) is 0 Å². The number of amides is 1. The van der Waals surface area contributed by atoms with E-state index in [1.54, 1.807) is 6.08 Å². The molecule has 0 rings (SSSR count). The Labute approximate surface area is 395 Å². The number of aliphatic hydroxyl groups is 1. The number of likely N-dealkylation sites (N-methyl/N-ethyl adjacent to an activating group) is 1. The number of nitrogens with zero attached hydrogens (tertiary/aromatic N) is 1. The molecule has 1 amide bonds. The Balaban J connectivity index is 4.42. The summed E-state index contributed by atoms with van der Waals surface area (Å²) in [6.45, 7) is 4.49. The zero-order chi connectivity index (χ0) is 47.1. The highest BCUT2D eigenvalue weighted by Gasteiger charge is 2.23. The standard InChI is InChI=1S/C55H99N2O6P/c1-6-8-10-12-14-16-18-20-22-24-26-27-28-29-31-32-34-36-38-40-42-44-46-48-54(58)53(52-63-64(60,61)62-51-50-57(3,4)5)56-55(59)49-47-45-43-41-39-37-35-33-30-25-23-21-19-17-15-13-11-9-7-2/h9,11,15,17,21,23,30-33,38,40,46,48,53-54,58H,6-8,10,12-14,16,18-20,22,24-29,34-37,39,41-45,47,49-52H2,1-5H3,(H-,56,59,60,61)/b11-9-,17-15-,23-21-,32-31+,33-30-,40-38+,48-46+. The quantitative estimate of drug-likeness (QED) is 0.0273. The van der Waals surface area contributed by atoms with Gasteiger partial charge in [0.1, 0.15) is 13.2 Å². The molecule has 0 saturated heterocycles. The van der Waals surface area contributed by atoms with Crippen LogP contribution in [0.3, 0.4) is 0 Å². The number of quaternary nitrogens is 1. The topological polar surface area (TPSA) is 108 Å². The molecule has 8 nitrogen and oxygen atoms in total. The zero-order valence-electron chi connectivity index (χ0n) is 42.0. The molecule has 64 heavy (non-hydrogen) atoms. The third-order valence-electron chi connectivity index (χ3n) is 11.1. The predicted molar refractivity (Wildman–Crippen MR) is 274 cm³/mol. The summed E-state index contributed by atoms with van der Waals surface area (Å²) in [4.78, 5) is 25.4. The molecule has 0 fully saturated rings. The monoisotopic (exact) mass is 915 g/mol. The molecule has 370 valence electrons. The number of unbranched alkanes of at least 4 members (excludes halogenated alkanes) is 21. The maximum absolute atomic E-state index is 12.9. The van der Waals surface area contributed by atoms with Crippen molar-refractivity contribution < 1.29 is 32.9 Å². The van der Waals surface area contributed by atoms with Gasteiger partial charge in [0.05, 0.1) is 39.9 Å². The van der Waals surface area contributed by atoms with Gasteiger partial charge in [0.25, 0.3) is 7.82 Å². The van der Waals surface area contributed by atoms with Crippen LogP contribution in [0.25, 0.3) is 0 Å². The number of phosphoric acid groups is 1. The largest absolute Gasteiger partial charge is 0.756 e. The minimum atomic E-state index is -4.62. The van der Waals surface area contributed by atoms with Crippen LogP contribution < -0.4 is 10.2 Å². The maximum Gasteiger partial charge on any atom is 0.268 e. The van der Waals surface area contributed by atoms with Crippen molar-refractivity contribution in [2.45, 2.75) is 219 Å². The summed E-state index contributed by atoms with van der Waals surface area (Å²) < 4.78 is 23.3. The van der Waals surface area contributed by atoms with Crippen LogP contribution in [0.15, 0.2) is 85.1 Å². The molecule has 0 aromatic heterocycles. The number of nitrogens with one attached hydrogen (secondary N) is 1. The molecule has 0 bridgehead atoms. The normalized spacial score (nSPS) is 14.8. The lowest BCUT2D eigenvalue weighted by Crippen LogP contribution is -2.45. The van der Waals surface area contributed by atoms with E-state index in [1.807, 2.05) is 27.2 Å². The second-order valence-corrected chi connectivity index (χ2v) is 19.9. The Kier molecular flexibility index (Phi) is 44.2. The lowest BCUT2D eigenvalue weighted by molar-refractivity contribution is -0.870. The average molecular weight is 915 g/mol. The first kappa shape index (κ1) is 61.7. The van der Waals surface area contributed by atoms with Gasteiger partial charge in [-0.05, 0) is 83.5 Å². The van der Waals surface area contributed by atoms with E-state index in [1.165, 1.54) is 96.3 Å². The fraction of sp³-hybridized carbons (Fsp3) is 0.727. The van der Waals surface area contributed by atoms with Crippen LogP contribution in [0.1, 0.15) is 206 Å². The van der Waals surface area contributed by atoms with Gasteiger partial charge in [0.2, 0.25) is 5.91 Å². The van der Waals surface area contributed by atoms with E-state index in [2.05, 4.69) is 92.1 Å². The summed E-state index contributed by atoms with van der Waals surface area (Å²) in [5.74, 6) is -0.228. The highest BCUT2D eigenvalue weighted by molar-refractivity contribution is 7.45. The third-order valence-corrected chi connectivity index (χ3v) is 12.0. The van der Waals surface area contributed by atoms with Crippen LogP contribution in [0, 0.1) is 0 Å². The van der Waals surface area contributed by atoms with Crippen molar-refractivity contribution in [3.05, 3.63) is 85.1 Å². The summed E-state index contributed by atoms with van der Waals surface area (Å²) in [5.41, 5.74) is 0. The minimum absolute atomic E-state index is 0.0164. The van der Waals surface area contributed by atoms with Crippen LogP contribution >= 0.6 is 7.82 Å². The van der Waals surface area contributed by atoms with Crippen molar-refractivity contribution in [3.8, 4) is 0 Å². The van der Waals surface area contributed by atoms with Crippen molar-refractivity contribution in [2.24, 2.45) is 0 Å². The number of phosphoric ester groups is 1. The van der Waals surface area contributed by atoms with E-state index in [-0.39, 0.29) is 12.5 Å². The van der Waals surface area contributed by atoms with Gasteiger partial charge in [0, 0.05) is 6.42 Å². The van der Waals surface area contributed by atoms with Gasteiger partial charge < -0.3 is 28.8 Å². The summed E-state index contributed by atoms with van der Waals surface area (Å²) in [6.07, 6.45) is 63.6. The summed E-state index contributed by atoms with van der Waals surface area (Å²) >= 11 is 0. The van der Waals surface area contributed by atoms with E-state index in [0.717, 1.165) is 89.9 Å². The first-order valence-corrected chi connectivity index (χ1v) is 27.4. The first-order valence-electron chi connectivity index (χ1n) is 25.9. The second kappa shape index (κ2) is 45.8. The number of hydrogen-bond donors (Lipinski definition) is 2. The first-order chi connectivity index (χ1) is 31.0. The molecule has 0 saturated carbocycles. The van der Waals surface area contributed by atoms with E-state index in [4.69, 9.17) is 9.05 Å². The Morgan fingerprint density at radius 3 is 1.45 bits per heavy atom. The van der Waals surface area contributed by atoms with Crippen molar-refractivity contribution in [3.63, 3.8) is 0 Å². The Bertz CT molecular complexity index is 1310. The summed E-state index contributed by atoms with van der Waals surface area (Å²) in [5, 5.41) is 13.8. The van der Waals surface area contributed by atoms with Crippen LogP contribution in [0.2, 0.25) is 0 Å². The molecule has 0 aliphatic rings. The molecule has 0 aliphatic heterocycles. The molecule has 9 heteroatoms. The molecule has 3 atom stereocenters. The Morgan fingerprint density at radius 1 is 0.562 bits per heavy atom. The predicted octanol–water partition coefficient (Wildman–Crippen LogP) is 14.7. The number of carbonyl (C=O) groups is 1. The number of allylic oxidation sites excluding steroid dienone is 13. The van der Waals surface area contributed by atoms with Gasteiger partial charge in [-0.1, -0.05) is 202 Å². The lowest BCUT2D eigenvalue weighted by Gasteiger charge is -2.29. The van der Waals surface area contributed by atoms with Crippen molar-refractivity contribution in [1.29, 1.82) is 0 Å². The van der Waals surface area contributed by atoms with Gasteiger partial charge in [-0.3, -0.25) is 9.36 Å². The van der Waals surface area contributed by atoms with Gasteiger partial charge in [-0.2, -0.15) is 0 Å². The van der Waals surface area contributed by atoms with E-state index in [9.17, 15) is 19.4 Å².